The van der Waals surface area contributed by atoms with Gasteiger partial charge >= 0.3 is 0 Å². The molecule has 0 aliphatic rings. The van der Waals surface area contributed by atoms with E-state index in [-0.39, 0.29) is 0 Å². The molecule has 3 aromatic rings. The molecule has 2 aromatic carbocycles. The molecule has 0 saturated carbocycles. The molecular weight excluding hydrogens is 338 g/mol. The Balaban J connectivity index is 2.02. The number of ether oxygens (including phenoxy) is 2. The smallest absolute Gasteiger partial charge is 0.162 e. The summed E-state index contributed by atoms with van der Waals surface area (Å²) in [4.78, 5) is 8.79. The molecule has 5 nitrogen and oxygen atoms in total. The van der Waals surface area contributed by atoms with Crippen molar-refractivity contribution in [2.24, 2.45) is 0 Å². The predicted octanol–water partition coefficient (Wildman–Crippen LogP) is 4.34. The Morgan fingerprint density at radius 2 is 1.80 bits per heavy atom. The van der Waals surface area contributed by atoms with E-state index in [1.165, 1.54) is 0 Å². The van der Waals surface area contributed by atoms with Crippen LogP contribution in [0.3, 0.4) is 0 Å². The van der Waals surface area contributed by atoms with Crippen LogP contribution in [0.5, 0.6) is 11.5 Å². The number of aromatic nitrogens is 2. The highest BCUT2D eigenvalue weighted by atomic mass is 35.5. The van der Waals surface area contributed by atoms with Gasteiger partial charge < -0.3 is 9.47 Å². The molecule has 0 saturated heterocycles. The third-order valence-electron chi connectivity index (χ3n) is 3.61. The number of methoxy groups -OCH3 is 2. The molecule has 3 rings (SSSR count). The zero-order valence-corrected chi connectivity index (χ0v) is 14.4. The second-order valence-electron chi connectivity index (χ2n) is 5.17. The number of hydrogen-bond acceptors (Lipinski definition) is 5. The molecular formula is C19H14ClN3O2. The number of benzene rings is 2. The second kappa shape index (κ2) is 7.20. The molecule has 0 radical (unpaired) electrons. The lowest BCUT2D eigenvalue weighted by atomic mass is 10.1. The van der Waals surface area contributed by atoms with Crippen LogP contribution in [-0.2, 0) is 0 Å². The van der Waals surface area contributed by atoms with Crippen molar-refractivity contribution >= 4 is 34.7 Å². The maximum Gasteiger partial charge on any atom is 0.162 e. The number of halogens is 1. The summed E-state index contributed by atoms with van der Waals surface area (Å²) >= 11 is 6.29. The van der Waals surface area contributed by atoms with Crippen LogP contribution in [0.25, 0.3) is 23.1 Å². The number of fused-ring (bicyclic) bond motifs is 1. The lowest BCUT2D eigenvalue weighted by molar-refractivity contribution is 0.356. The largest absolute Gasteiger partial charge is 0.493 e. The van der Waals surface area contributed by atoms with Crippen molar-refractivity contribution in [1.82, 2.24) is 9.97 Å². The number of hydrogen-bond donors (Lipinski definition) is 0. The maximum absolute atomic E-state index is 8.96. The molecule has 0 atom stereocenters. The van der Waals surface area contributed by atoms with Crippen molar-refractivity contribution < 1.29 is 9.47 Å². The molecule has 0 N–H and O–H groups in total. The van der Waals surface area contributed by atoms with Gasteiger partial charge in [-0.2, -0.15) is 5.26 Å². The zero-order chi connectivity index (χ0) is 17.8. The highest BCUT2D eigenvalue weighted by Crippen LogP contribution is 2.33. The first-order valence-electron chi connectivity index (χ1n) is 7.42. The van der Waals surface area contributed by atoms with Crippen molar-refractivity contribution in [3.8, 4) is 17.6 Å². The van der Waals surface area contributed by atoms with E-state index in [0.717, 1.165) is 5.56 Å². The lowest BCUT2D eigenvalue weighted by Gasteiger charge is -2.09. The molecule has 0 aliphatic heterocycles. The first-order valence-corrected chi connectivity index (χ1v) is 7.80. The summed E-state index contributed by atoms with van der Waals surface area (Å²) in [6, 6.07) is 12.9. The molecule has 0 spiro atoms. The Morgan fingerprint density at radius 1 is 1.04 bits per heavy atom. The third kappa shape index (κ3) is 3.54. The molecule has 1 heterocycles. The topological polar surface area (TPSA) is 68.0 Å². The van der Waals surface area contributed by atoms with Gasteiger partial charge in [0.15, 0.2) is 17.3 Å². The molecule has 0 aliphatic carbocycles. The average Bonchev–Trinajstić information content (AvgIpc) is 2.65. The van der Waals surface area contributed by atoms with Crippen LogP contribution in [0, 0.1) is 11.3 Å². The summed E-state index contributed by atoms with van der Waals surface area (Å²) in [5.41, 5.74) is 2.13. The highest BCUT2D eigenvalue weighted by Gasteiger charge is 2.11. The van der Waals surface area contributed by atoms with Gasteiger partial charge in [0.25, 0.3) is 0 Å². The van der Waals surface area contributed by atoms with Gasteiger partial charge in [0.05, 0.1) is 31.4 Å². The third-order valence-corrected chi connectivity index (χ3v) is 3.90. The molecule has 6 heteroatoms. The Bertz CT molecular complexity index is 1010. The number of nitriles is 1. The quantitative estimate of drug-likeness (QED) is 0.654. The van der Waals surface area contributed by atoms with Gasteiger partial charge in [0.1, 0.15) is 5.15 Å². The summed E-state index contributed by atoms with van der Waals surface area (Å²) in [5.74, 6) is 1.60. The first-order chi connectivity index (χ1) is 12.1. The van der Waals surface area contributed by atoms with Crippen molar-refractivity contribution in [1.29, 1.82) is 5.26 Å². The molecule has 1 aromatic heterocycles. The molecule has 0 amide bonds. The molecule has 124 valence electrons. The Morgan fingerprint density at radius 3 is 2.52 bits per heavy atom. The van der Waals surface area contributed by atoms with E-state index in [0.29, 0.717) is 38.9 Å². The van der Waals surface area contributed by atoms with Crippen LogP contribution in [0.2, 0.25) is 5.15 Å². The normalized spacial score (nSPS) is 10.8. The maximum atomic E-state index is 8.96. The summed E-state index contributed by atoms with van der Waals surface area (Å²) in [7, 11) is 3.13. The minimum absolute atomic E-state index is 0.330. The van der Waals surface area contributed by atoms with Crippen molar-refractivity contribution in [2.75, 3.05) is 14.2 Å². The Labute approximate surface area is 150 Å². The Kier molecular flexibility index (Phi) is 4.82. The predicted molar refractivity (Wildman–Crippen MR) is 97.7 cm³/mol. The van der Waals surface area contributed by atoms with Crippen LogP contribution >= 0.6 is 11.6 Å². The standard InChI is InChI=1S/C19H14ClN3O2/c1-24-16-9-14-15(10-17(16)25-2)22-18(23-19(14)20)7-6-12-4-3-5-13(8-12)11-21/h3-10H,1-2H3. The van der Waals surface area contributed by atoms with Crippen LogP contribution in [0.4, 0.5) is 0 Å². The average molecular weight is 352 g/mol. The van der Waals surface area contributed by atoms with Crippen LogP contribution < -0.4 is 9.47 Å². The van der Waals surface area contributed by atoms with E-state index in [4.69, 9.17) is 26.3 Å². The van der Waals surface area contributed by atoms with Gasteiger partial charge in [-0.15, -0.1) is 0 Å². The van der Waals surface area contributed by atoms with Gasteiger partial charge in [-0.25, -0.2) is 9.97 Å². The van der Waals surface area contributed by atoms with E-state index in [2.05, 4.69) is 16.0 Å². The summed E-state index contributed by atoms with van der Waals surface area (Å²) in [5, 5.41) is 9.97. The van der Waals surface area contributed by atoms with Gasteiger partial charge in [-0.05, 0) is 29.8 Å². The molecule has 25 heavy (non-hydrogen) atoms. The highest BCUT2D eigenvalue weighted by molar-refractivity contribution is 6.34. The number of nitrogens with zero attached hydrogens (tertiary/aromatic N) is 3. The second-order valence-corrected chi connectivity index (χ2v) is 5.53. The summed E-state index contributed by atoms with van der Waals surface area (Å²) in [6.07, 6.45) is 3.58. The van der Waals surface area contributed by atoms with E-state index in [1.54, 1.807) is 44.6 Å². The fourth-order valence-corrected chi connectivity index (χ4v) is 2.63. The van der Waals surface area contributed by atoms with Crippen LogP contribution in [-0.4, -0.2) is 24.2 Å². The van der Waals surface area contributed by atoms with Gasteiger partial charge in [-0.1, -0.05) is 29.8 Å². The van der Waals surface area contributed by atoms with E-state index < -0.39 is 0 Å². The fraction of sp³-hybridized carbons (Fsp3) is 0.105. The SMILES string of the molecule is COc1cc2nc(C=Cc3cccc(C#N)c3)nc(Cl)c2cc1OC. The molecule has 0 bridgehead atoms. The van der Waals surface area contributed by atoms with Crippen LogP contribution in [0.15, 0.2) is 36.4 Å². The number of rotatable bonds is 4. The van der Waals surface area contributed by atoms with E-state index >= 15 is 0 Å². The summed E-state index contributed by atoms with van der Waals surface area (Å²) < 4.78 is 10.6. The van der Waals surface area contributed by atoms with Gasteiger partial charge in [0.2, 0.25) is 0 Å². The monoisotopic (exact) mass is 351 g/mol. The van der Waals surface area contributed by atoms with Gasteiger partial charge in [0, 0.05) is 11.5 Å². The van der Waals surface area contributed by atoms with Crippen molar-refractivity contribution in [3.05, 3.63) is 58.5 Å². The molecule has 0 unspecified atom stereocenters. The van der Waals surface area contributed by atoms with E-state index in [1.807, 2.05) is 18.2 Å². The minimum atomic E-state index is 0.330. The summed E-state index contributed by atoms with van der Waals surface area (Å²) in [6.45, 7) is 0. The first kappa shape index (κ1) is 16.7. The lowest BCUT2D eigenvalue weighted by Crippen LogP contribution is -1.95. The van der Waals surface area contributed by atoms with Crippen molar-refractivity contribution in [2.45, 2.75) is 0 Å². The van der Waals surface area contributed by atoms with Crippen molar-refractivity contribution in [3.63, 3.8) is 0 Å². The fourth-order valence-electron chi connectivity index (χ4n) is 2.39. The van der Waals surface area contributed by atoms with Crippen LogP contribution in [0.1, 0.15) is 17.0 Å². The molecule has 0 fully saturated rings. The van der Waals surface area contributed by atoms with E-state index in [9.17, 15) is 0 Å². The zero-order valence-electron chi connectivity index (χ0n) is 13.7. The van der Waals surface area contributed by atoms with Gasteiger partial charge in [-0.3, -0.25) is 0 Å². The Hall–Kier alpha value is -3.10. The minimum Gasteiger partial charge on any atom is -0.493 e.